The molecule has 0 fully saturated rings. The first-order valence-corrected chi connectivity index (χ1v) is 7.90. The Hall–Kier alpha value is -2.75. The molecule has 0 aliphatic heterocycles. The standard InChI is InChI=1S/C20H20NO3/c1-15(14-22)12-19(23)18(13-16-8-4-2-5-9-16)21-20(24)17-10-6-3-7-11-17/h2-11,15,18H,12-13H2,1H3,(H,21,24). The summed E-state index contributed by atoms with van der Waals surface area (Å²) in [5, 5.41) is 2.79. The molecule has 2 rings (SSSR count). The van der Waals surface area contributed by atoms with Crippen LogP contribution in [0.1, 0.15) is 29.3 Å². The van der Waals surface area contributed by atoms with Crippen molar-refractivity contribution in [1.82, 2.24) is 5.32 Å². The van der Waals surface area contributed by atoms with Crippen molar-refractivity contribution in [1.29, 1.82) is 0 Å². The average molecular weight is 322 g/mol. The molecule has 0 spiro atoms. The molecule has 0 aliphatic rings. The number of carbonyl (C=O) groups excluding carboxylic acids is 3. The van der Waals surface area contributed by atoms with E-state index in [1.54, 1.807) is 31.2 Å². The van der Waals surface area contributed by atoms with Crippen molar-refractivity contribution < 1.29 is 14.4 Å². The van der Waals surface area contributed by atoms with E-state index in [-0.39, 0.29) is 18.1 Å². The van der Waals surface area contributed by atoms with Gasteiger partial charge in [0.15, 0.2) is 5.78 Å². The van der Waals surface area contributed by atoms with Gasteiger partial charge in [-0.1, -0.05) is 55.5 Å². The van der Waals surface area contributed by atoms with Crippen molar-refractivity contribution in [2.24, 2.45) is 5.92 Å². The third-order valence-corrected chi connectivity index (χ3v) is 3.72. The van der Waals surface area contributed by atoms with E-state index < -0.39 is 12.0 Å². The van der Waals surface area contributed by atoms with Crippen LogP contribution in [0.3, 0.4) is 0 Å². The molecule has 0 aromatic heterocycles. The van der Waals surface area contributed by atoms with Gasteiger partial charge in [0.2, 0.25) is 6.29 Å². The van der Waals surface area contributed by atoms with Gasteiger partial charge in [0.25, 0.3) is 5.91 Å². The van der Waals surface area contributed by atoms with Crippen molar-refractivity contribution in [2.45, 2.75) is 25.8 Å². The summed E-state index contributed by atoms with van der Waals surface area (Å²) in [4.78, 5) is 35.6. The number of amides is 1. The first-order chi connectivity index (χ1) is 11.6. The quantitative estimate of drug-likeness (QED) is 0.813. The summed E-state index contributed by atoms with van der Waals surface area (Å²) >= 11 is 0. The number of benzene rings is 2. The number of hydrogen-bond donors (Lipinski definition) is 1. The zero-order valence-corrected chi connectivity index (χ0v) is 13.6. The Morgan fingerprint density at radius 1 is 1.00 bits per heavy atom. The van der Waals surface area contributed by atoms with Crippen LogP contribution in [0.5, 0.6) is 0 Å². The van der Waals surface area contributed by atoms with Gasteiger partial charge in [-0.3, -0.25) is 14.4 Å². The topological polar surface area (TPSA) is 63.2 Å². The van der Waals surface area contributed by atoms with E-state index >= 15 is 0 Å². The van der Waals surface area contributed by atoms with E-state index in [1.165, 1.54) is 0 Å². The van der Waals surface area contributed by atoms with E-state index in [4.69, 9.17) is 0 Å². The zero-order chi connectivity index (χ0) is 17.4. The van der Waals surface area contributed by atoms with Crippen LogP contribution in [0, 0.1) is 5.92 Å². The van der Waals surface area contributed by atoms with Gasteiger partial charge in [-0.15, -0.1) is 0 Å². The van der Waals surface area contributed by atoms with Gasteiger partial charge < -0.3 is 5.32 Å². The summed E-state index contributed by atoms with van der Waals surface area (Å²) in [5.74, 6) is -0.948. The molecular weight excluding hydrogens is 302 g/mol. The summed E-state index contributed by atoms with van der Waals surface area (Å²) in [6.45, 7) is 1.64. The van der Waals surface area contributed by atoms with Crippen molar-refractivity contribution >= 4 is 18.0 Å². The SMILES string of the molecule is CC([C]=O)CC(=O)C(Cc1ccccc1)NC(=O)c1ccccc1. The molecule has 1 N–H and O–H groups in total. The molecule has 0 heterocycles. The van der Waals surface area contributed by atoms with Gasteiger partial charge in [0.1, 0.15) is 0 Å². The monoisotopic (exact) mass is 322 g/mol. The van der Waals surface area contributed by atoms with Crippen LogP contribution >= 0.6 is 0 Å². The van der Waals surface area contributed by atoms with E-state index in [1.807, 2.05) is 42.7 Å². The summed E-state index contributed by atoms with van der Waals surface area (Å²) in [7, 11) is 0. The lowest BCUT2D eigenvalue weighted by Crippen LogP contribution is -2.43. The maximum atomic E-state index is 12.5. The minimum atomic E-state index is -0.670. The molecule has 0 aliphatic carbocycles. The number of ketones is 1. The van der Waals surface area contributed by atoms with Gasteiger partial charge in [0.05, 0.1) is 6.04 Å². The molecule has 2 aromatic rings. The summed E-state index contributed by atoms with van der Waals surface area (Å²) in [6, 6.07) is 17.6. The highest BCUT2D eigenvalue weighted by atomic mass is 16.2. The molecule has 0 bridgehead atoms. The molecule has 1 radical (unpaired) electrons. The van der Waals surface area contributed by atoms with E-state index in [9.17, 15) is 14.4 Å². The van der Waals surface area contributed by atoms with Crippen LogP contribution in [-0.4, -0.2) is 24.0 Å². The Kier molecular flexibility index (Phi) is 6.43. The van der Waals surface area contributed by atoms with Gasteiger partial charge in [0, 0.05) is 17.9 Å². The van der Waals surface area contributed by atoms with Crippen LogP contribution in [0.4, 0.5) is 0 Å². The minimum Gasteiger partial charge on any atom is -0.342 e. The van der Waals surface area contributed by atoms with Crippen LogP contribution in [0.2, 0.25) is 0 Å². The van der Waals surface area contributed by atoms with Gasteiger partial charge in [-0.05, 0) is 24.1 Å². The van der Waals surface area contributed by atoms with Gasteiger partial charge >= 0.3 is 0 Å². The number of rotatable bonds is 8. The number of hydrogen-bond acceptors (Lipinski definition) is 3. The second-order valence-electron chi connectivity index (χ2n) is 5.77. The molecule has 24 heavy (non-hydrogen) atoms. The Morgan fingerprint density at radius 2 is 1.58 bits per heavy atom. The van der Waals surface area contributed by atoms with Crippen molar-refractivity contribution in [2.75, 3.05) is 0 Å². The smallest absolute Gasteiger partial charge is 0.251 e. The summed E-state index contributed by atoms with van der Waals surface area (Å²) < 4.78 is 0. The molecule has 2 aromatic carbocycles. The van der Waals surface area contributed by atoms with E-state index in [0.717, 1.165) is 5.56 Å². The highest BCUT2D eigenvalue weighted by molar-refractivity contribution is 5.98. The maximum absolute atomic E-state index is 12.5. The maximum Gasteiger partial charge on any atom is 0.251 e. The highest BCUT2D eigenvalue weighted by Crippen LogP contribution is 2.10. The molecule has 2 unspecified atom stereocenters. The molecule has 4 nitrogen and oxygen atoms in total. The molecule has 1 amide bonds. The fraction of sp³-hybridized carbons (Fsp3) is 0.250. The number of Topliss-reactive ketones (excluding diaryl/α,β-unsaturated/α-hetero) is 1. The number of carbonyl (C=O) groups is 2. The predicted octanol–water partition coefficient (Wildman–Crippen LogP) is 2.73. The average Bonchev–Trinajstić information content (AvgIpc) is 2.62. The predicted molar refractivity (Wildman–Crippen MR) is 92.3 cm³/mol. The van der Waals surface area contributed by atoms with Crippen molar-refractivity contribution in [3.05, 3.63) is 71.8 Å². The largest absolute Gasteiger partial charge is 0.342 e. The zero-order valence-electron chi connectivity index (χ0n) is 13.6. The summed E-state index contributed by atoms with van der Waals surface area (Å²) in [5.41, 5.74) is 1.45. The molecule has 4 heteroatoms. The Bertz CT molecular complexity index is 683. The Labute approximate surface area is 141 Å². The number of nitrogens with one attached hydrogen (secondary N) is 1. The molecule has 2 atom stereocenters. The van der Waals surface area contributed by atoms with Gasteiger partial charge in [-0.2, -0.15) is 0 Å². The summed E-state index contributed by atoms with van der Waals surface area (Å²) in [6.07, 6.45) is 2.27. The molecule has 0 saturated carbocycles. The Morgan fingerprint density at radius 3 is 2.17 bits per heavy atom. The van der Waals surface area contributed by atoms with Crippen LogP contribution < -0.4 is 5.32 Å². The molecule has 0 saturated heterocycles. The molecular formula is C20H20NO3. The second kappa shape index (κ2) is 8.77. The lowest BCUT2D eigenvalue weighted by atomic mass is 9.96. The van der Waals surface area contributed by atoms with E-state index in [0.29, 0.717) is 12.0 Å². The lowest BCUT2D eigenvalue weighted by molar-refractivity contribution is -0.121. The van der Waals surface area contributed by atoms with Crippen molar-refractivity contribution in [3.63, 3.8) is 0 Å². The first kappa shape index (κ1) is 17.6. The lowest BCUT2D eigenvalue weighted by Gasteiger charge is -2.18. The normalized spacial score (nSPS) is 12.9. The van der Waals surface area contributed by atoms with Crippen LogP contribution in [-0.2, 0) is 16.0 Å². The van der Waals surface area contributed by atoms with Crippen LogP contribution in [0.25, 0.3) is 0 Å². The fourth-order valence-electron chi connectivity index (χ4n) is 2.41. The third kappa shape index (κ3) is 5.16. The second-order valence-corrected chi connectivity index (χ2v) is 5.77. The van der Waals surface area contributed by atoms with Gasteiger partial charge in [-0.25, -0.2) is 0 Å². The molecule has 123 valence electrons. The minimum absolute atomic E-state index is 0.0655. The third-order valence-electron chi connectivity index (χ3n) is 3.72. The van der Waals surface area contributed by atoms with Crippen molar-refractivity contribution in [3.8, 4) is 0 Å². The first-order valence-electron chi connectivity index (χ1n) is 7.90. The fourth-order valence-corrected chi connectivity index (χ4v) is 2.41. The van der Waals surface area contributed by atoms with E-state index in [2.05, 4.69) is 5.32 Å². The highest BCUT2D eigenvalue weighted by Gasteiger charge is 2.23. The van der Waals surface area contributed by atoms with Crippen LogP contribution in [0.15, 0.2) is 60.7 Å². The Balaban J connectivity index is 2.14.